The molecule has 3 N–H and O–H groups in total. The summed E-state index contributed by atoms with van der Waals surface area (Å²) < 4.78 is 0. The molecule has 4 rings (SSSR count). The lowest BCUT2D eigenvalue weighted by Gasteiger charge is -2.51. The quantitative estimate of drug-likeness (QED) is 0.870. The van der Waals surface area contributed by atoms with Crippen molar-refractivity contribution in [2.24, 2.45) is 11.1 Å². The summed E-state index contributed by atoms with van der Waals surface area (Å²) in [6, 6.07) is 9.21. The van der Waals surface area contributed by atoms with Crippen molar-refractivity contribution in [3.05, 3.63) is 35.4 Å². The minimum absolute atomic E-state index is 0.147. The van der Waals surface area contributed by atoms with E-state index >= 15 is 0 Å². The summed E-state index contributed by atoms with van der Waals surface area (Å²) in [5, 5.41) is 11.5. The first kappa shape index (κ1) is 13.7. The number of fused-ring (bicyclic) bond motifs is 2. The van der Waals surface area contributed by atoms with Crippen LogP contribution in [0.15, 0.2) is 24.3 Å². The van der Waals surface area contributed by atoms with Gasteiger partial charge in [0.05, 0.1) is 5.60 Å². The van der Waals surface area contributed by atoms with Gasteiger partial charge in [0.15, 0.2) is 0 Å². The van der Waals surface area contributed by atoms with E-state index in [0.717, 1.165) is 32.2 Å². The van der Waals surface area contributed by atoms with Gasteiger partial charge >= 0.3 is 0 Å². The van der Waals surface area contributed by atoms with Crippen LogP contribution in [0, 0.1) is 5.41 Å². The third-order valence-electron chi connectivity index (χ3n) is 6.44. The van der Waals surface area contributed by atoms with Crippen molar-refractivity contribution in [3.63, 3.8) is 0 Å². The highest BCUT2D eigenvalue weighted by molar-refractivity contribution is 5.36. The van der Waals surface area contributed by atoms with Crippen LogP contribution >= 0.6 is 0 Å². The zero-order valence-corrected chi connectivity index (χ0v) is 12.7. The predicted molar refractivity (Wildman–Crippen MR) is 84.1 cm³/mol. The van der Waals surface area contributed by atoms with Gasteiger partial charge in [0.2, 0.25) is 0 Å². The molecule has 114 valence electrons. The second-order valence-electron chi connectivity index (χ2n) is 7.42. The van der Waals surface area contributed by atoms with Crippen molar-refractivity contribution in [3.8, 4) is 0 Å². The maximum Gasteiger partial charge on any atom is 0.0749 e. The Bertz CT molecular complexity index is 519. The summed E-state index contributed by atoms with van der Waals surface area (Å²) >= 11 is 0. The zero-order valence-electron chi connectivity index (χ0n) is 12.7. The van der Waals surface area contributed by atoms with Gasteiger partial charge in [0.25, 0.3) is 0 Å². The normalized spacial score (nSPS) is 34.7. The number of hydrogen-bond acceptors (Lipinski definition) is 3. The van der Waals surface area contributed by atoms with Crippen LogP contribution in [-0.2, 0) is 12.8 Å². The van der Waals surface area contributed by atoms with Gasteiger partial charge in [-0.1, -0.05) is 24.3 Å². The Morgan fingerprint density at radius 1 is 1.19 bits per heavy atom. The maximum absolute atomic E-state index is 11.5. The number of rotatable bonds is 2. The topological polar surface area (TPSA) is 49.5 Å². The monoisotopic (exact) mass is 286 g/mol. The van der Waals surface area contributed by atoms with Crippen LogP contribution in [0.1, 0.15) is 36.8 Å². The SMILES string of the molecule is NCC1(C2(O)CCN3CCCC3C2)Cc2ccccc2C1. The van der Waals surface area contributed by atoms with Gasteiger partial charge < -0.3 is 15.7 Å². The summed E-state index contributed by atoms with van der Waals surface area (Å²) in [6.07, 6.45) is 6.23. The molecule has 3 heteroatoms. The number of nitrogens with zero attached hydrogens (tertiary/aromatic N) is 1. The fourth-order valence-corrected chi connectivity index (χ4v) is 5.08. The molecular formula is C18H26N2O. The number of nitrogens with two attached hydrogens (primary N) is 1. The van der Waals surface area contributed by atoms with Crippen LogP contribution in [-0.4, -0.2) is 41.3 Å². The molecule has 2 aliphatic heterocycles. The molecule has 0 radical (unpaired) electrons. The van der Waals surface area contributed by atoms with E-state index in [9.17, 15) is 5.11 Å². The molecule has 2 saturated heterocycles. The number of benzene rings is 1. The van der Waals surface area contributed by atoms with E-state index in [1.807, 2.05) is 0 Å². The van der Waals surface area contributed by atoms with Crippen molar-refractivity contribution in [2.45, 2.75) is 50.2 Å². The Morgan fingerprint density at radius 2 is 1.90 bits per heavy atom. The first-order valence-electron chi connectivity index (χ1n) is 8.39. The molecule has 2 heterocycles. The molecule has 2 atom stereocenters. The summed E-state index contributed by atoms with van der Waals surface area (Å²) in [4.78, 5) is 2.57. The minimum Gasteiger partial charge on any atom is -0.389 e. The van der Waals surface area contributed by atoms with E-state index in [1.54, 1.807) is 0 Å². The zero-order chi connectivity index (χ0) is 14.5. The molecule has 0 aromatic heterocycles. The average Bonchev–Trinajstić information content (AvgIpc) is 3.10. The van der Waals surface area contributed by atoms with E-state index in [2.05, 4.69) is 29.2 Å². The Kier molecular flexibility index (Phi) is 3.14. The largest absolute Gasteiger partial charge is 0.389 e. The Labute approximate surface area is 127 Å². The minimum atomic E-state index is -0.591. The van der Waals surface area contributed by atoms with Gasteiger partial charge in [0.1, 0.15) is 0 Å². The summed E-state index contributed by atoms with van der Waals surface area (Å²) in [7, 11) is 0. The second-order valence-corrected chi connectivity index (χ2v) is 7.42. The number of piperidine rings is 1. The molecule has 3 aliphatic rings. The Balaban J connectivity index is 1.64. The van der Waals surface area contributed by atoms with Crippen LogP contribution < -0.4 is 5.73 Å². The maximum atomic E-state index is 11.5. The van der Waals surface area contributed by atoms with Crippen LogP contribution in [0.25, 0.3) is 0 Å². The van der Waals surface area contributed by atoms with Crippen LogP contribution in [0.4, 0.5) is 0 Å². The lowest BCUT2D eigenvalue weighted by atomic mass is 9.64. The first-order chi connectivity index (χ1) is 10.2. The lowest BCUT2D eigenvalue weighted by Crippen LogP contribution is -2.60. The number of hydrogen-bond donors (Lipinski definition) is 2. The van der Waals surface area contributed by atoms with E-state index in [1.165, 1.54) is 30.5 Å². The average molecular weight is 286 g/mol. The molecule has 3 nitrogen and oxygen atoms in total. The second kappa shape index (κ2) is 4.80. The first-order valence-corrected chi connectivity index (χ1v) is 8.39. The van der Waals surface area contributed by atoms with E-state index < -0.39 is 5.60 Å². The molecule has 1 aromatic rings. The molecule has 0 spiro atoms. The van der Waals surface area contributed by atoms with E-state index in [0.29, 0.717) is 12.6 Å². The summed E-state index contributed by atoms with van der Waals surface area (Å²) in [5.41, 5.74) is 8.28. The molecule has 2 unspecified atom stereocenters. The van der Waals surface area contributed by atoms with Gasteiger partial charge in [-0.05, 0) is 56.2 Å². The molecule has 2 fully saturated rings. The molecule has 21 heavy (non-hydrogen) atoms. The molecule has 1 aliphatic carbocycles. The molecule has 0 bridgehead atoms. The highest BCUT2D eigenvalue weighted by Crippen LogP contribution is 2.50. The van der Waals surface area contributed by atoms with Crippen molar-refractivity contribution in [2.75, 3.05) is 19.6 Å². The van der Waals surface area contributed by atoms with E-state index in [4.69, 9.17) is 5.73 Å². The number of aliphatic hydroxyl groups is 1. The smallest absolute Gasteiger partial charge is 0.0749 e. The standard InChI is InChI=1S/C18H26N2O/c19-13-17(10-14-4-1-2-5-15(14)11-17)18(21)7-9-20-8-3-6-16(20)12-18/h1-2,4-5,16,21H,3,6-13,19H2. The van der Waals surface area contributed by atoms with Gasteiger partial charge in [-0.25, -0.2) is 0 Å². The fraction of sp³-hybridized carbons (Fsp3) is 0.667. The molecule has 0 amide bonds. The van der Waals surface area contributed by atoms with Crippen LogP contribution in [0.3, 0.4) is 0 Å². The van der Waals surface area contributed by atoms with Crippen molar-refractivity contribution in [1.29, 1.82) is 0 Å². The fourth-order valence-electron chi connectivity index (χ4n) is 5.08. The van der Waals surface area contributed by atoms with Crippen molar-refractivity contribution in [1.82, 2.24) is 4.90 Å². The predicted octanol–water partition coefficient (Wildman–Crippen LogP) is 1.72. The highest BCUT2D eigenvalue weighted by atomic mass is 16.3. The van der Waals surface area contributed by atoms with Crippen LogP contribution in [0.5, 0.6) is 0 Å². The Hall–Kier alpha value is -0.900. The van der Waals surface area contributed by atoms with Gasteiger partial charge in [-0.3, -0.25) is 0 Å². The molecule has 1 aromatic carbocycles. The summed E-state index contributed by atoms with van der Waals surface area (Å²) in [6.45, 7) is 2.85. The van der Waals surface area contributed by atoms with Crippen molar-refractivity contribution < 1.29 is 5.11 Å². The third kappa shape index (κ3) is 1.98. The highest BCUT2D eigenvalue weighted by Gasteiger charge is 2.55. The summed E-state index contributed by atoms with van der Waals surface area (Å²) in [5.74, 6) is 0. The molecular weight excluding hydrogens is 260 g/mol. The third-order valence-corrected chi connectivity index (χ3v) is 6.44. The lowest BCUT2D eigenvalue weighted by molar-refractivity contribution is -0.124. The van der Waals surface area contributed by atoms with Crippen LogP contribution in [0.2, 0.25) is 0 Å². The molecule has 0 saturated carbocycles. The van der Waals surface area contributed by atoms with Gasteiger partial charge in [-0.15, -0.1) is 0 Å². The van der Waals surface area contributed by atoms with Gasteiger partial charge in [0, 0.05) is 24.5 Å². The van der Waals surface area contributed by atoms with E-state index in [-0.39, 0.29) is 5.41 Å². The van der Waals surface area contributed by atoms with Gasteiger partial charge in [-0.2, -0.15) is 0 Å². The Morgan fingerprint density at radius 3 is 2.57 bits per heavy atom. The van der Waals surface area contributed by atoms with Crippen molar-refractivity contribution >= 4 is 0 Å².